The van der Waals surface area contributed by atoms with E-state index in [1.54, 1.807) is 4.90 Å². The van der Waals surface area contributed by atoms with Crippen molar-refractivity contribution in [3.8, 4) is 0 Å². The third kappa shape index (κ3) is 4.60. The van der Waals surface area contributed by atoms with Crippen molar-refractivity contribution in [3.63, 3.8) is 0 Å². The molecule has 2 heterocycles. The summed E-state index contributed by atoms with van der Waals surface area (Å²) < 4.78 is 42.1. The number of aliphatic carboxylic acids is 1. The number of ether oxygens (including phenoxy) is 1. The molecule has 2 saturated heterocycles. The van der Waals surface area contributed by atoms with Crippen molar-refractivity contribution in [2.45, 2.75) is 11.3 Å². The third-order valence-electron chi connectivity index (χ3n) is 3.92. The van der Waals surface area contributed by atoms with Gasteiger partial charge < -0.3 is 14.7 Å². The normalized spacial score (nSPS) is 25.0. The zero-order chi connectivity index (χ0) is 19.8. The number of carboxylic acids is 1. The minimum absolute atomic E-state index is 0.0590. The molecular weight excluding hydrogens is 423 g/mol. The van der Waals surface area contributed by atoms with Crippen molar-refractivity contribution in [1.82, 2.24) is 0 Å². The lowest BCUT2D eigenvalue weighted by Crippen LogP contribution is -2.37. The smallest absolute Gasteiger partial charge is 0.329 e. The Morgan fingerprint density at radius 1 is 1.37 bits per heavy atom. The number of hydrogen-bond acceptors (Lipinski definition) is 6. The molecule has 12 heteroatoms. The molecule has 1 N–H and O–H groups in total. The van der Waals surface area contributed by atoms with Crippen LogP contribution in [0.4, 0.5) is 10.1 Å². The van der Waals surface area contributed by atoms with Crippen molar-refractivity contribution in [3.05, 3.63) is 29.0 Å². The summed E-state index contributed by atoms with van der Waals surface area (Å²) >= 11 is 6.97. The van der Waals surface area contributed by atoms with E-state index in [1.165, 1.54) is 12.1 Å². The van der Waals surface area contributed by atoms with Gasteiger partial charge >= 0.3 is 5.97 Å². The molecule has 0 radical (unpaired) electrons. The van der Waals surface area contributed by atoms with Crippen LogP contribution < -0.4 is 4.90 Å². The number of carbonyl (C=O) groups is 2. The van der Waals surface area contributed by atoms with Crippen LogP contribution in [-0.2, 0) is 24.2 Å². The molecule has 1 aromatic rings. The fourth-order valence-electron chi connectivity index (χ4n) is 2.87. The van der Waals surface area contributed by atoms with Crippen molar-refractivity contribution in [2.24, 2.45) is 4.99 Å². The van der Waals surface area contributed by atoms with Gasteiger partial charge in [0.25, 0.3) is 5.91 Å². The number of carbonyl (C=O) groups excluding carboxylic acids is 1. The topological polar surface area (TPSA) is 113 Å². The molecule has 0 bridgehead atoms. The molecule has 0 unspecified atom stereocenters. The highest BCUT2D eigenvalue weighted by Gasteiger charge is 2.49. The van der Waals surface area contributed by atoms with Gasteiger partial charge in [0.2, 0.25) is 0 Å². The SMILES string of the molecule is O=C(O)COCC(=O)N=C1S[C@@H]2CS(=O)(=O)C[C@H]2N1c1ccc(F)c(Cl)c1. The van der Waals surface area contributed by atoms with Crippen molar-refractivity contribution in [1.29, 1.82) is 0 Å². The average Bonchev–Trinajstić information content (AvgIpc) is 3.00. The van der Waals surface area contributed by atoms with Gasteiger partial charge in [-0.3, -0.25) is 4.79 Å². The maximum atomic E-state index is 13.5. The van der Waals surface area contributed by atoms with Crippen LogP contribution in [0.15, 0.2) is 23.2 Å². The van der Waals surface area contributed by atoms with Gasteiger partial charge in [-0.1, -0.05) is 23.4 Å². The monoisotopic (exact) mass is 436 g/mol. The number of amides is 1. The quantitative estimate of drug-likeness (QED) is 0.732. The summed E-state index contributed by atoms with van der Waals surface area (Å²) in [6, 6.07) is 3.45. The minimum atomic E-state index is -3.24. The summed E-state index contributed by atoms with van der Waals surface area (Å²) in [6.07, 6.45) is 0. The largest absolute Gasteiger partial charge is 0.480 e. The van der Waals surface area contributed by atoms with Gasteiger partial charge in [0.1, 0.15) is 19.0 Å². The predicted molar refractivity (Wildman–Crippen MR) is 98.6 cm³/mol. The van der Waals surface area contributed by atoms with Crippen LogP contribution >= 0.6 is 23.4 Å². The standard InChI is InChI=1S/C15H14ClFN2O6S2/c16-9-3-8(1-2-10(9)17)19-11-6-27(23,24)7-12(11)26-15(19)18-13(20)4-25-5-14(21)22/h1-3,11-12H,4-7H2,(H,21,22)/t11-,12-/m1/s1. The molecule has 0 aliphatic carbocycles. The van der Waals surface area contributed by atoms with E-state index in [9.17, 15) is 22.4 Å². The fourth-order valence-corrected chi connectivity index (χ4v) is 6.97. The number of aliphatic imine (C=N–C) groups is 1. The Hall–Kier alpha value is -1.69. The first-order valence-electron chi connectivity index (χ1n) is 7.69. The number of halogens is 2. The Kier molecular flexibility index (Phi) is 5.75. The molecule has 0 spiro atoms. The maximum Gasteiger partial charge on any atom is 0.329 e. The second-order valence-corrected chi connectivity index (χ2v) is 9.71. The number of rotatable bonds is 5. The molecule has 0 aromatic heterocycles. The van der Waals surface area contributed by atoms with Crippen molar-refractivity contribution in [2.75, 3.05) is 29.6 Å². The number of sulfone groups is 1. The molecule has 0 saturated carbocycles. The lowest BCUT2D eigenvalue weighted by atomic mass is 10.2. The molecule has 2 aliphatic rings. The number of fused-ring (bicyclic) bond motifs is 1. The number of hydrogen-bond donors (Lipinski definition) is 1. The van der Waals surface area contributed by atoms with E-state index in [2.05, 4.69) is 4.99 Å². The van der Waals surface area contributed by atoms with E-state index in [-0.39, 0.29) is 26.9 Å². The van der Waals surface area contributed by atoms with E-state index in [0.29, 0.717) is 5.69 Å². The molecule has 3 rings (SSSR count). The van der Waals surface area contributed by atoms with E-state index in [4.69, 9.17) is 21.4 Å². The van der Waals surface area contributed by atoms with E-state index in [0.717, 1.165) is 17.8 Å². The zero-order valence-electron chi connectivity index (χ0n) is 13.7. The number of nitrogens with zero attached hydrogens (tertiary/aromatic N) is 2. The summed E-state index contributed by atoms with van der Waals surface area (Å²) in [5.41, 5.74) is 0.413. The van der Waals surface area contributed by atoms with Gasteiger partial charge in [-0.15, -0.1) is 0 Å². The third-order valence-corrected chi connectivity index (χ3v) is 7.42. The summed E-state index contributed by atoms with van der Waals surface area (Å²) in [7, 11) is -3.24. The summed E-state index contributed by atoms with van der Waals surface area (Å²) in [5.74, 6) is -2.73. The Morgan fingerprint density at radius 3 is 2.78 bits per heavy atom. The first-order chi connectivity index (χ1) is 12.7. The Labute approximate surface area is 163 Å². The van der Waals surface area contributed by atoms with E-state index < -0.39 is 46.8 Å². The molecule has 1 aromatic carbocycles. The molecule has 8 nitrogen and oxygen atoms in total. The summed E-state index contributed by atoms with van der Waals surface area (Å²) in [4.78, 5) is 27.9. The van der Waals surface area contributed by atoms with Gasteiger partial charge in [-0.25, -0.2) is 17.6 Å². The first kappa shape index (κ1) is 20.1. The predicted octanol–water partition coefficient (Wildman–Crippen LogP) is 1.18. The maximum absolute atomic E-state index is 13.5. The Morgan fingerprint density at radius 2 is 2.11 bits per heavy atom. The molecule has 2 aliphatic heterocycles. The lowest BCUT2D eigenvalue weighted by Gasteiger charge is -2.24. The second kappa shape index (κ2) is 7.74. The zero-order valence-corrected chi connectivity index (χ0v) is 16.1. The molecule has 2 atom stereocenters. The van der Waals surface area contributed by atoms with Crippen LogP contribution in [0.25, 0.3) is 0 Å². The first-order valence-corrected chi connectivity index (χ1v) is 10.8. The summed E-state index contributed by atoms with van der Waals surface area (Å²) in [5, 5.41) is 8.30. The number of carboxylic acid groups (broad SMARTS) is 1. The van der Waals surface area contributed by atoms with Crippen molar-refractivity contribution >= 4 is 55.9 Å². The molecule has 27 heavy (non-hydrogen) atoms. The number of anilines is 1. The fraction of sp³-hybridized carbons (Fsp3) is 0.400. The van der Waals surface area contributed by atoms with Gasteiger partial charge in [-0.05, 0) is 18.2 Å². The molecule has 2 fully saturated rings. The highest BCUT2D eigenvalue weighted by atomic mass is 35.5. The van der Waals surface area contributed by atoms with Gasteiger partial charge in [-0.2, -0.15) is 4.99 Å². The molecular formula is C15H14ClFN2O6S2. The Balaban J connectivity index is 1.88. The van der Waals surface area contributed by atoms with Crippen molar-refractivity contribution < 1.29 is 32.2 Å². The Bertz CT molecular complexity index is 923. The average molecular weight is 437 g/mol. The molecule has 1 amide bonds. The van der Waals surface area contributed by atoms with Gasteiger partial charge in [0, 0.05) is 10.9 Å². The van der Waals surface area contributed by atoms with E-state index >= 15 is 0 Å². The van der Waals surface area contributed by atoms with Gasteiger partial charge in [0.15, 0.2) is 15.0 Å². The van der Waals surface area contributed by atoms with Crippen LogP contribution in [0.2, 0.25) is 5.02 Å². The highest BCUT2D eigenvalue weighted by molar-refractivity contribution is 8.16. The second-order valence-electron chi connectivity index (χ2n) is 5.94. The summed E-state index contributed by atoms with van der Waals surface area (Å²) in [6.45, 7) is -1.16. The minimum Gasteiger partial charge on any atom is -0.480 e. The number of benzene rings is 1. The van der Waals surface area contributed by atoms with Crippen LogP contribution in [0.1, 0.15) is 0 Å². The lowest BCUT2D eigenvalue weighted by molar-refractivity contribution is -0.143. The molecule has 146 valence electrons. The van der Waals surface area contributed by atoms with Crippen LogP contribution in [0.3, 0.4) is 0 Å². The van der Waals surface area contributed by atoms with Crippen LogP contribution in [-0.4, -0.2) is 66.6 Å². The number of amidine groups is 1. The van der Waals surface area contributed by atoms with Crippen LogP contribution in [0, 0.1) is 5.82 Å². The van der Waals surface area contributed by atoms with E-state index in [1.807, 2.05) is 0 Å². The van der Waals surface area contributed by atoms with Gasteiger partial charge in [0.05, 0.1) is 22.6 Å². The number of thioether (sulfide) groups is 1. The highest BCUT2D eigenvalue weighted by Crippen LogP contribution is 2.41. The van der Waals surface area contributed by atoms with Crippen LogP contribution in [0.5, 0.6) is 0 Å².